The number of nitrogens with one attached hydrogen (secondary N) is 3. The van der Waals surface area contributed by atoms with Crippen LogP contribution in [0.5, 0.6) is 0 Å². The van der Waals surface area contributed by atoms with E-state index < -0.39 is 12.1 Å². The van der Waals surface area contributed by atoms with Crippen LogP contribution in [0.3, 0.4) is 0 Å². The molecule has 18 heavy (non-hydrogen) atoms. The van der Waals surface area contributed by atoms with Crippen molar-refractivity contribution in [2.45, 2.75) is 38.8 Å². The van der Waals surface area contributed by atoms with Crippen molar-refractivity contribution in [2.75, 3.05) is 6.54 Å². The van der Waals surface area contributed by atoms with E-state index in [0.29, 0.717) is 19.4 Å². The van der Waals surface area contributed by atoms with E-state index in [1.165, 1.54) is 0 Å². The van der Waals surface area contributed by atoms with Crippen molar-refractivity contribution in [3.63, 3.8) is 0 Å². The molecule has 0 unspecified atom stereocenters. The second kappa shape index (κ2) is 8.46. The van der Waals surface area contributed by atoms with Gasteiger partial charge in [-0.15, -0.1) is 0 Å². The maximum Gasteiger partial charge on any atom is 0.237 e. The van der Waals surface area contributed by atoms with Crippen molar-refractivity contribution < 1.29 is 9.59 Å². The van der Waals surface area contributed by atoms with Gasteiger partial charge >= 0.3 is 0 Å². The third kappa shape index (κ3) is 6.85. The molecule has 1 radical (unpaired) electrons. The van der Waals surface area contributed by atoms with E-state index in [0.717, 1.165) is 0 Å². The smallest absolute Gasteiger partial charge is 0.237 e. The van der Waals surface area contributed by atoms with Crippen LogP contribution in [0.4, 0.5) is 0 Å². The maximum atomic E-state index is 11.6. The Balaban J connectivity index is 4.00. The number of carbonyl (C=O) groups excluding carboxylic acids is 2. The zero-order valence-corrected chi connectivity index (χ0v) is 10.8. The molecule has 0 aromatic carbocycles. The fourth-order valence-corrected chi connectivity index (χ4v) is 1.26. The maximum absolute atomic E-state index is 11.6. The zero-order chi connectivity index (χ0) is 14.1. The highest BCUT2D eigenvalue weighted by molar-refractivity contribution is 5.84. The Morgan fingerprint density at radius 3 is 2.50 bits per heavy atom. The largest absolute Gasteiger partial charge is 0.370 e. The average Bonchev–Trinajstić information content (AvgIpc) is 2.31. The highest BCUT2D eigenvalue weighted by atomic mass is 16.2. The lowest BCUT2D eigenvalue weighted by Crippen LogP contribution is -2.48. The number of hydrogen-bond acceptors (Lipinski definition) is 4. The zero-order valence-electron chi connectivity index (χ0n) is 10.8. The SMILES string of the molecule is CC(C)[C@H](N)C(=O)N[C@H]([C]=O)CCCNC(=N)N. The minimum atomic E-state index is -0.670. The third-order valence-corrected chi connectivity index (χ3v) is 2.46. The second-order valence-corrected chi connectivity index (χ2v) is 4.43. The fourth-order valence-electron chi connectivity index (χ4n) is 1.26. The number of hydrogen-bond donors (Lipinski definition) is 5. The standard InChI is InChI=1S/C11H22N5O2/c1-7(2)9(12)10(18)16-8(6-17)4-3-5-15-11(13)14/h7-9H,3-5,12H2,1-2H3,(H,16,18)(H4,13,14,15)/t8-,9-/m0/s1. The van der Waals surface area contributed by atoms with Gasteiger partial charge in [-0.2, -0.15) is 0 Å². The van der Waals surface area contributed by atoms with Crippen molar-refractivity contribution in [3.05, 3.63) is 0 Å². The fraction of sp³-hybridized carbons (Fsp3) is 0.727. The Kier molecular flexibility index (Phi) is 7.69. The van der Waals surface area contributed by atoms with Gasteiger partial charge in [-0.3, -0.25) is 15.0 Å². The van der Waals surface area contributed by atoms with E-state index in [9.17, 15) is 9.59 Å². The molecule has 0 aliphatic carbocycles. The van der Waals surface area contributed by atoms with Crippen LogP contribution in [0.2, 0.25) is 0 Å². The Morgan fingerprint density at radius 1 is 1.44 bits per heavy atom. The van der Waals surface area contributed by atoms with Crippen LogP contribution in [-0.2, 0) is 9.59 Å². The molecule has 103 valence electrons. The van der Waals surface area contributed by atoms with Gasteiger partial charge in [-0.1, -0.05) is 13.8 Å². The molecule has 0 fully saturated rings. The average molecular weight is 256 g/mol. The lowest BCUT2D eigenvalue weighted by atomic mass is 10.0. The second-order valence-electron chi connectivity index (χ2n) is 4.43. The molecule has 7 nitrogen and oxygen atoms in total. The molecule has 0 saturated heterocycles. The highest BCUT2D eigenvalue weighted by Crippen LogP contribution is 2.00. The van der Waals surface area contributed by atoms with Gasteiger partial charge < -0.3 is 22.1 Å². The molecular formula is C11H22N5O2. The van der Waals surface area contributed by atoms with Gasteiger partial charge in [-0.05, 0) is 18.8 Å². The molecule has 0 aliphatic heterocycles. The minimum Gasteiger partial charge on any atom is -0.370 e. The summed E-state index contributed by atoms with van der Waals surface area (Å²) in [5.41, 5.74) is 10.8. The summed E-state index contributed by atoms with van der Waals surface area (Å²) in [4.78, 5) is 22.3. The van der Waals surface area contributed by atoms with Crippen molar-refractivity contribution in [2.24, 2.45) is 17.4 Å². The van der Waals surface area contributed by atoms with E-state index in [1.807, 2.05) is 13.8 Å². The molecule has 0 spiro atoms. The first kappa shape index (κ1) is 16.4. The van der Waals surface area contributed by atoms with Gasteiger partial charge in [0.25, 0.3) is 0 Å². The number of rotatable bonds is 8. The lowest BCUT2D eigenvalue weighted by Gasteiger charge is -2.18. The first-order valence-electron chi connectivity index (χ1n) is 5.90. The summed E-state index contributed by atoms with van der Waals surface area (Å²) in [6, 6.07) is -1.30. The summed E-state index contributed by atoms with van der Waals surface area (Å²) in [5.74, 6) is -0.456. The van der Waals surface area contributed by atoms with Crippen LogP contribution < -0.4 is 22.1 Å². The molecule has 0 saturated carbocycles. The molecule has 0 heterocycles. The van der Waals surface area contributed by atoms with Crippen molar-refractivity contribution in [1.82, 2.24) is 10.6 Å². The molecule has 1 amide bonds. The van der Waals surface area contributed by atoms with Crippen LogP contribution in [-0.4, -0.2) is 36.8 Å². The molecule has 7 N–H and O–H groups in total. The van der Waals surface area contributed by atoms with Gasteiger partial charge in [0.1, 0.15) is 0 Å². The quantitative estimate of drug-likeness (QED) is 0.212. The highest BCUT2D eigenvalue weighted by Gasteiger charge is 2.20. The predicted octanol–water partition coefficient (Wildman–Crippen LogP) is -1.17. The lowest BCUT2D eigenvalue weighted by molar-refractivity contribution is -0.123. The van der Waals surface area contributed by atoms with Crippen LogP contribution in [0.15, 0.2) is 0 Å². The van der Waals surface area contributed by atoms with E-state index in [-0.39, 0.29) is 17.8 Å². The van der Waals surface area contributed by atoms with Gasteiger partial charge in [0.2, 0.25) is 12.2 Å². The monoisotopic (exact) mass is 256 g/mol. The predicted molar refractivity (Wildman–Crippen MR) is 69.6 cm³/mol. The first-order chi connectivity index (χ1) is 8.38. The van der Waals surface area contributed by atoms with Crippen molar-refractivity contribution >= 4 is 18.2 Å². The van der Waals surface area contributed by atoms with Crippen molar-refractivity contribution in [1.29, 1.82) is 5.41 Å². The van der Waals surface area contributed by atoms with Crippen molar-refractivity contribution in [3.8, 4) is 0 Å². The molecule has 0 aromatic rings. The number of nitrogens with two attached hydrogens (primary N) is 2. The summed E-state index contributed by atoms with van der Waals surface area (Å²) in [7, 11) is 0. The van der Waals surface area contributed by atoms with Gasteiger partial charge in [0, 0.05) is 6.54 Å². The summed E-state index contributed by atoms with van der Waals surface area (Å²) in [5, 5.41) is 12.1. The molecule has 7 heteroatoms. The van der Waals surface area contributed by atoms with Crippen LogP contribution in [0.1, 0.15) is 26.7 Å². The van der Waals surface area contributed by atoms with E-state index in [2.05, 4.69) is 10.6 Å². The van der Waals surface area contributed by atoms with E-state index in [4.69, 9.17) is 16.9 Å². The summed E-state index contributed by atoms with van der Waals surface area (Å²) in [6.45, 7) is 4.14. The minimum absolute atomic E-state index is 0.0108. The summed E-state index contributed by atoms with van der Waals surface area (Å²) >= 11 is 0. The van der Waals surface area contributed by atoms with Crippen LogP contribution in [0.25, 0.3) is 0 Å². The Bertz CT molecular complexity index is 293. The molecule has 0 bridgehead atoms. The topological polar surface area (TPSA) is 134 Å². The van der Waals surface area contributed by atoms with Crippen LogP contribution >= 0.6 is 0 Å². The molecule has 0 aliphatic rings. The normalized spacial score (nSPS) is 13.8. The Morgan fingerprint density at radius 2 is 2.06 bits per heavy atom. The molecule has 0 aromatic heterocycles. The molecular weight excluding hydrogens is 234 g/mol. The first-order valence-corrected chi connectivity index (χ1v) is 5.90. The van der Waals surface area contributed by atoms with E-state index in [1.54, 1.807) is 6.29 Å². The Hall–Kier alpha value is -1.63. The third-order valence-electron chi connectivity index (χ3n) is 2.46. The Labute approximate surface area is 107 Å². The summed E-state index contributed by atoms with van der Waals surface area (Å²) in [6.07, 6.45) is 2.79. The molecule has 0 rings (SSSR count). The summed E-state index contributed by atoms with van der Waals surface area (Å²) < 4.78 is 0. The van der Waals surface area contributed by atoms with Gasteiger partial charge in [0.15, 0.2) is 5.96 Å². The molecule has 2 atom stereocenters. The van der Waals surface area contributed by atoms with Crippen LogP contribution in [0, 0.1) is 11.3 Å². The van der Waals surface area contributed by atoms with Gasteiger partial charge in [0.05, 0.1) is 12.1 Å². The van der Waals surface area contributed by atoms with Gasteiger partial charge in [-0.25, -0.2) is 0 Å². The number of guanidine groups is 1. The number of amides is 1. The number of carbonyl (C=O) groups is 1. The van der Waals surface area contributed by atoms with E-state index >= 15 is 0 Å².